The first kappa shape index (κ1) is 103. The fraction of sp³-hybridized carbons (Fsp3) is 0.387. The molecule has 2 unspecified atom stereocenters. The summed E-state index contributed by atoms with van der Waals surface area (Å²) in [5, 5.41) is 17.1. The molecule has 146 heavy (non-hydrogen) atoms. The van der Waals surface area contributed by atoms with Gasteiger partial charge < -0.3 is 88.4 Å². The van der Waals surface area contributed by atoms with Crippen LogP contribution in [0.4, 0.5) is 45.5 Å². The van der Waals surface area contributed by atoms with Gasteiger partial charge in [0, 0.05) is 278 Å². The summed E-state index contributed by atoms with van der Waals surface area (Å²) in [6.45, 7) is 15.8. The molecule has 0 aliphatic carbocycles. The molecular formula is C111H136N26O9. The molecule has 0 bridgehead atoms. The highest BCUT2D eigenvalue weighted by Gasteiger charge is 2.30. The van der Waals surface area contributed by atoms with E-state index in [0.717, 1.165) is 304 Å². The zero-order chi connectivity index (χ0) is 102. The minimum absolute atomic E-state index is 0.242. The molecule has 20 rings (SSSR count). The van der Waals surface area contributed by atoms with Crippen LogP contribution in [0.5, 0.6) is 46.0 Å². The Morgan fingerprint density at radius 2 is 0.623 bits per heavy atom. The van der Waals surface area contributed by atoms with Crippen molar-refractivity contribution in [2.75, 3.05) is 188 Å². The summed E-state index contributed by atoms with van der Waals surface area (Å²) in [5.74, 6) is 6.01. The van der Waals surface area contributed by atoms with Crippen LogP contribution < -0.4 is 69.0 Å². The maximum absolute atomic E-state index is 6.25. The fourth-order valence-corrected chi connectivity index (χ4v) is 19.5. The average Bonchev–Trinajstić information content (AvgIpc) is 1.07. The molecular weight excluding hydrogens is 1840 g/mol. The van der Waals surface area contributed by atoms with Crippen LogP contribution in [0.2, 0.25) is 0 Å². The van der Waals surface area contributed by atoms with Crippen molar-refractivity contribution in [3.63, 3.8) is 0 Å². The van der Waals surface area contributed by atoms with E-state index in [0.29, 0.717) is 12.6 Å². The fourth-order valence-electron chi connectivity index (χ4n) is 19.5. The number of hydrogen-bond donors (Lipinski definition) is 2. The normalized spacial score (nSPS) is 15.3. The number of piperidine rings is 3. The van der Waals surface area contributed by atoms with Gasteiger partial charge in [0.05, 0.1) is 179 Å². The maximum Gasteiger partial charge on any atom is 0.124 e. The number of nitrogens with two attached hydrogens (primary N) is 2. The number of ether oxygens (including phenoxy) is 9. The van der Waals surface area contributed by atoms with E-state index < -0.39 is 0 Å². The second kappa shape index (κ2) is 49.2. The van der Waals surface area contributed by atoms with Crippen LogP contribution in [0, 0.1) is 0 Å². The van der Waals surface area contributed by atoms with Crippen molar-refractivity contribution in [3.05, 3.63) is 220 Å². The van der Waals surface area contributed by atoms with E-state index in [-0.39, 0.29) is 6.04 Å². The van der Waals surface area contributed by atoms with Gasteiger partial charge in [-0.05, 0) is 176 Å². The molecule has 35 nitrogen and oxygen atoms in total. The van der Waals surface area contributed by atoms with Crippen LogP contribution in [0.1, 0.15) is 70.6 Å². The highest BCUT2D eigenvalue weighted by Crippen LogP contribution is 2.41. The van der Waals surface area contributed by atoms with Gasteiger partial charge in [0.15, 0.2) is 0 Å². The summed E-state index contributed by atoms with van der Waals surface area (Å²) in [7, 11) is 22.8. The van der Waals surface area contributed by atoms with Crippen molar-refractivity contribution in [1.29, 1.82) is 0 Å². The Balaban J connectivity index is 0.000000134. The summed E-state index contributed by atoms with van der Waals surface area (Å²) < 4.78 is 57.1. The molecule has 0 amide bonds. The molecule has 4 aliphatic rings. The summed E-state index contributed by atoms with van der Waals surface area (Å²) in [5.41, 5.74) is 33.8. The predicted molar refractivity (Wildman–Crippen MR) is 576 cm³/mol. The van der Waals surface area contributed by atoms with Crippen molar-refractivity contribution in [3.8, 4) is 91.0 Å². The number of anilines is 8. The van der Waals surface area contributed by atoms with Crippen molar-refractivity contribution < 1.29 is 42.6 Å². The first-order valence-electron chi connectivity index (χ1n) is 50.2. The lowest BCUT2D eigenvalue weighted by molar-refractivity contribution is 0.0421. The molecule has 4 aliphatic heterocycles. The smallest absolute Gasteiger partial charge is 0.124 e. The summed E-state index contributed by atoms with van der Waals surface area (Å²) in [6, 6.07) is 49.7. The van der Waals surface area contributed by atoms with Crippen molar-refractivity contribution in [2.45, 2.75) is 88.8 Å². The van der Waals surface area contributed by atoms with Crippen molar-refractivity contribution in [2.24, 2.45) is 39.7 Å². The van der Waals surface area contributed by atoms with Crippen LogP contribution in [0.25, 0.3) is 89.2 Å². The zero-order valence-corrected chi connectivity index (χ0v) is 86.2. The summed E-state index contributed by atoms with van der Waals surface area (Å²) in [4.78, 5) is 57.7. The minimum Gasteiger partial charge on any atom is -0.497 e. The molecule has 8 aromatic heterocycles. The highest BCUT2D eigenvalue weighted by atomic mass is 16.5. The van der Waals surface area contributed by atoms with E-state index in [9.17, 15) is 0 Å². The van der Waals surface area contributed by atoms with Gasteiger partial charge in [-0.2, -0.15) is 20.4 Å². The predicted octanol–water partition coefficient (Wildman–Crippen LogP) is 17.0. The quantitative estimate of drug-likeness (QED) is 0.0344. The number of benzene rings is 8. The summed E-state index contributed by atoms with van der Waals surface area (Å²) >= 11 is 0. The van der Waals surface area contributed by atoms with E-state index >= 15 is 0 Å². The van der Waals surface area contributed by atoms with E-state index in [2.05, 4.69) is 146 Å². The first-order chi connectivity index (χ1) is 71.3. The van der Waals surface area contributed by atoms with Gasteiger partial charge in [-0.25, -0.2) is 19.9 Å². The molecule has 16 aromatic rings. The standard InChI is InChI=1S/C32H41N7O2.C28H34N6O3.C27H33N7O2.C24H28N6O2/c1-36-22-24(20-34-36)32-21-33-30-9-8-25(18-31(30)35-32)39(27-16-28(40-2)19-29(17-27)41-3)14-7-11-37-15-10-26(23-37)38-12-5-4-6-13-38;1-32-19-20(17-30-32)28-18-29-26-6-5-21(15-27(26)31-28)34(12-11-33-9-7-23(35-2)8-10-33)22-13-24(36-3)16-25(14-22)37-4;1-32-17-19(15-30-32)27-16-29-25-7-6-21(13-26(25)31-27)34(10-9-33-8-4-5-20(28)18-33)22-11-23(35-2)14-24(12-22)36-3;1-29-16-17(14-27-29)24-15-26-22-7-6-18(12-23(22)28-24)30(9-5-4-8-25)19-10-20(31-2)13-21(11-19)32-3/h8-9,16-22,26H,4-7,10-15,23H2,1-3H3;5-6,13-19,23H,7-12H2,1-4H3;6-7,11-17,20H,4-5,8-10,18,28H2,1-3H3;6-7,10-16H,4-5,8-9,25H2,1-3H3. The van der Waals surface area contributed by atoms with Gasteiger partial charge in [0.1, 0.15) is 46.0 Å². The number of aryl methyl sites for hydroxylation is 4. The number of unbranched alkanes of at least 4 members (excludes halogenated alkanes) is 1. The van der Waals surface area contributed by atoms with E-state index in [4.69, 9.17) is 74.0 Å². The molecule has 4 N–H and O–H groups in total. The van der Waals surface area contributed by atoms with Crippen LogP contribution >= 0.6 is 0 Å². The second-order valence-electron chi connectivity index (χ2n) is 37.4. The largest absolute Gasteiger partial charge is 0.497 e. The molecule has 4 fully saturated rings. The van der Waals surface area contributed by atoms with Gasteiger partial charge in [-0.3, -0.25) is 43.6 Å². The maximum atomic E-state index is 6.25. The average molecular weight is 1980 g/mol. The molecule has 8 aromatic carbocycles. The number of likely N-dealkylation sites (tertiary alicyclic amines) is 4. The van der Waals surface area contributed by atoms with Gasteiger partial charge in [0.2, 0.25) is 0 Å². The van der Waals surface area contributed by atoms with E-state index in [1.165, 1.54) is 51.9 Å². The van der Waals surface area contributed by atoms with Gasteiger partial charge in [-0.15, -0.1) is 0 Å². The Kier molecular flexibility index (Phi) is 34.6. The monoisotopic (exact) mass is 1980 g/mol. The Morgan fingerprint density at radius 1 is 0.301 bits per heavy atom. The number of aromatic nitrogens is 16. The number of nitrogens with zero attached hydrogens (tertiary/aromatic N) is 24. The van der Waals surface area contributed by atoms with Gasteiger partial charge in [0.25, 0.3) is 0 Å². The van der Waals surface area contributed by atoms with E-state index in [1.807, 2.05) is 144 Å². The first-order valence-corrected chi connectivity index (χ1v) is 50.2. The highest BCUT2D eigenvalue weighted by molar-refractivity contribution is 5.87. The SMILES string of the molecule is COc1cc(OC)cc(N(CCCCN)c2ccc3ncc(-c4cnn(C)c4)nc3c2)c1.COc1cc(OC)cc(N(CCCN2CCC(N3CCCCC3)C2)c2ccc3ncc(-c4cnn(C)c4)nc3c2)c1.COc1cc(OC)cc(N(CCN2CCC(OC)CC2)c2ccc3ncc(-c4cnn(C)c4)nc3c2)c1.COc1cc(OC)cc(N(CCN2CCCC(N)C2)c2ccc3ncc(-c4cnn(C)c4)nc3c2)c1. The third-order valence-electron chi connectivity index (χ3n) is 27.5. The van der Waals surface area contributed by atoms with Crippen LogP contribution in [-0.4, -0.2) is 285 Å². The molecule has 4 saturated heterocycles. The van der Waals surface area contributed by atoms with Gasteiger partial charge in [-0.1, -0.05) is 6.42 Å². The lowest BCUT2D eigenvalue weighted by Gasteiger charge is -2.34. The third-order valence-corrected chi connectivity index (χ3v) is 27.5. The van der Waals surface area contributed by atoms with Gasteiger partial charge >= 0.3 is 0 Å². The summed E-state index contributed by atoms with van der Waals surface area (Å²) in [6.07, 6.45) is 35.3. The topological polar surface area (TPSA) is 335 Å². The minimum atomic E-state index is 0.242. The van der Waals surface area contributed by atoms with Crippen LogP contribution in [0.15, 0.2) is 220 Å². The Morgan fingerprint density at radius 3 is 0.938 bits per heavy atom. The lowest BCUT2D eigenvalue weighted by atomic mass is 10.1. The molecule has 0 saturated carbocycles. The van der Waals surface area contributed by atoms with Crippen LogP contribution in [-0.2, 0) is 32.9 Å². The molecule has 764 valence electrons. The molecule has 12 heterocycles. The molecule has 2 atom stereocenters. The molecule has 35 heteroatoms. The second-order valence-corrected chi connectivity index (χ2v) is 37.4. The molecule has 0 spiro atoms. The van der Waals surface area contributed by atoms with Crippen LogP contribution in [0.3, 0.4) is 0 Å². The van der Waals surface area contributed by atoms with Crippen molar-refractivity contribution in [1.82, 2.24) is 98.6 Å². The Bertz CT molecular complexity index is 6910. The number of fused-ring (bicyclic) bond motifs is 4. The zero-order valence-electron chi connectivity index (χ0n) is 86.2. The van der Waals surface area contributed by atoms with E-state index in [1.54, 1.807) is 120 Å². The Hall–Kier alpha value is -14.7. The number of hydrogen-bond acceptors (Lipinski definition) is 31. The number of methoxy groups -OCH3 is 9. The number of rotatable bonds is 36. The van der Waals surface area contributed by atoms with Crippen molar-refractivity contribution >= 4 is 89.6 Å². The Labute approximate surface area is 853 Å². The molecule has 0 radical (unpaired) electrons. The third kappa shape index (κ3) is 26.1. The lowest BCUT2D eigenvalue weighted by Crippen LogP contribution is -2.45.